The van der Waals surface area contributed by atoms with Gasteiger partial charge in [0.2, 0.25) is 0 Å². The third-order valence-corrected chi connectivity index (χ3v) is 5.31. The zero-order valence-corrected chi connectivity index (χ0v) is 15.7. The van der Waals surface area contributed by atoms with Crippen molar-refractivity contribution in [3.8, 4) is 0 Å². The van der Waals surface area contributed by atoms with E-state index in [1.807, 2.05) is 0 Å². The van der Waals surface area contributed by atoms with Crippen molar-refractivity contribution in [2.75, 3.05) is 0 Å². The Kier molecular flexibility index (Phi) is 4.48. The molecule has 0 bridgehead atoms. The second-order valence-corrected chi connectivity index (χ2v) is 7.29. The smallest absolute Gasteiger partial charge is 0.0303 e. The maximum Gasteiger partial charge on any atom is 0.0303 e. The van der Waals surface area contributed by atoms with Gasteiger partial charge in [-0.05, 0) is 59.5 Å². The minimum Gasteiger partial charge on any atom is -0.304 e. The van der Waals surface area contributed by atoms with Gasteiger partial charge in [-0.2, -0.15) is 0 Å². The molecule has 0 heterocycles. The minimum atomic E-state index is 0.282. The van der Waals surface area contributed by atoms with Gasteiger partial charge in [0.1, 0.15) is 0 Å². The van der Waals surface area contributed by atoms with Crippen molar-refractivity contribution in [1.29, 1.82) is 0 Å². The maximum atomic E-state index is 3.78. The molecule has 0 spiro atoms. The fourth-order valence-electron chi connectivity index (χ4n) is 3.84. The second-order valence-electron chi connectivity index (χ2n) is 7.29. The number of rotatable bonds is 4. The van der Waals surface area contributed by atoms with Crippen molar-refractivity contribution in [1.82, 2.24) is 5.32 Å². The Morgan fingerprint density at radius 3 is 2.27 bits per heavy atom. The molecule has 0 aliphatic heterocycles. The molecule has 0 fully saturated rings. The van der Waals surface area contributed by atoms with Crippen LogP contribution in [0.25, 0.3) is 21.5 Å². The first-order valence-electron chi connectivity index (χ1n) is 9.36. The third-order valence-electron chi connectivity index (χ3n) is 5.31. The van der Waals surface area contributed by atoms with Gasteiger partial charge >= 0.3 is 0 Å². The summed E-state index contributed by atoms with van der Waals surface area (Å²) in [5.41, 5.74) is 3.99. The molecule has 1 heteroatoms. The first-order chi connectivity index (χ1) is 12.6. The lowest BCUT2D eigenvalue weighted by molar-refractivity contribution is 0.497. The standard InChI is InChI=1S/C25H25N/c1-17-11-12-23-16-21(13-14-22(23)15-17)18(2)26-19(3)24-10-6-8-20-7-4-5-9-25(20)24/h4-16,18-19,26H,1-3H3/t18-,19-/m1/s1. The molecular weight excluding hydrogens is 314 g/mol. The quantitative estimate of drug-likeness (QED) is 0.435. The first kappa shape index (κ1) is 16.8. The van der Waals surface area contributed by atoms with E-state index >= 15 is 0 Å². The van der Waals surface area contributed by atoms with Crippen LogP contribution in [0.4, 0.5) is 0 Å². The van der Waals surface area contributed by atoms with Crippen LogP contribution in [0.15, 0.2) is 78.9 Å². The Morgan fingerprint density at radius 2 is 1.38 bits per heavy atom. The number of aryl methyl sites for hydroxylation is 1. The molecule has 4 aromatic rings. The summed E-state index contributed by atoms with van der Waals surface area (Å²) in [6, 6.07) is 29.2. The van der Waals surface area contributed by atoms with Crippen LogP contribution >= 0.6 is 0 Å². The van der Waals surface area contributed by atoms with E-state index in [0.29, 0.717) is 0 Å². The van der Waals surface area contributed by atoms with E-state index < -0.39 is 0 Å². The number of nitrogens with one attached hydrogen (secondary N) is 1. The van der Waals surface area contributed by atoms with Gasteiger partial charge < -0.3 is 5.32 Å². The van der Waals surface area contributed by atoms with Gasteiger partial charge in [-0.1, -0.05) is 78.4 Å². The zero-order chi connectivity index (χ0) is 18.1. The van der Waals surface area contributed by atoms with Crippen LogP contribution in [0.1, 0.15) is 42.6 Å². The fraction of sp³-hybridized carbons (Fsp3) is 0.200. The summed E-state index contributed by atoms with van der Waals surface area (Å²) >= 11 is 0. The molecular formula is C25H25N. The van der Waals surface area contributed by atoms with Crippen molar-refractivity contribution in [3.05, 3.63) is 95.6 Å². The Morgan fingerprint density at radius 1 is 0.654 bits per heavy atom. The van der Waals surface area contributed by atoms with Gasteiger partial charge in [-0.25, -0.2) is 0 Å². The molecule has 0 saturated heterocycles. The summed E-state index contributed by atoms with van der Waals surface area (Å²) in [4.78, 5) is 0. The van der Waals surface area contributed by atoms with Crippen LogP contribution in [0.3, 0.4) is 0 Å². The highest BCUT2D eigenvalue weighted by Gasteiger charge is 2.13. The van der Waals surface area contributed by atoms with Crippen LogP contribution < -0.4 is 5.32 Å². The van der Waals surface area contributed by atoms with Crippen LogP contribution in [0.5, 0.6) is 0 Å². The van der Waals surface area contributed by atoms with E-state index in [-0.39, 0.29) is 12.1 Å². The minimum absolute atomic E-state index is 0.282. The molecule has 26 heavy (non-hydrogen) atoms. The van der Waals surface area contributed by atoms with Crippen molar-refractivity contribution < 1.29 is 0 Å². The van der Waals surface area contributed by atoms with Gasteiger partial charge in [0.15, 0.2) is 0 Å². The van der Waals surface area contributed by atoms with E-state index in [1.165, 1.54) is 38.2 Å². The van der Waals surface area contributed by atoms with Crippen LogP contribution in [0.2, 0.25) is 0 Å². The molecule has 0 aromatic heterocycles. The normalized spacial score (nSPS) is 13.8. The maximum absolute atomic E-state index is 3.78. The predicted octanol–water partition coefficient (Wildman–Crippen LogP) is 6.71. The second kappa shape index (κ2) is 6.93. The van der Waals surface area contributed by atoms with E-state index in [4.69, 9.17) is 0 Å². The molecule has 1 N–H and O–H groups in total. The summed E-state index contributed by atoms with van der Waals surface area (Å²) < 4.78 is 0. The molecule has 0 amide bonds. The van der Waals surface area contributed by atoms with Gasteiger partial charge in [0, 0.05) is 12.1 Å². The van der Waals surface area contributed by atoms with Crippen LogP contribution in [-0.2, 0) is 0 Å². The van der Waals surface area contributed by atoms with E-state index in [2.05, 4.69) is 105 Å². The summed E-state index contributed by atoms with van der Waals surface area (Å²) in [6.07, 6.45) is 0. The molecule has 0 unspecified atom stereocenters. The topological polar surface area (TPSA) is 12.0 Å². The Bertz CT molecular complexity index is 1060. The lowest BCUT2D eigenvalue weighted by atomic mass is 9.97. The summed E-state index contributed by atoms with van der Waals surface area (Å²) in [7, 11) is 0. The van der Waals surface area contributed by atoms with Crippen LogP contribution in [-0.4, -0.2) is 0 Å². The summed E-state index contributed by atoms with van der Waals surface area (Å²) in [6.45, 7) is 6.64. The van der Waals surface area contributed by atoms with Crippen LogP contribution in [0, 0.1) is 6.92 Å². The van der Waals surface area contributed by atoms with Crippen molar-refractivity contribution in [2.24, 2.45) is 0 Å². The van der Waals surface area contributed by atoms with Gasteiger partial charge in [0.05, 0.1) is 0 Å². The lowest BCUT2D eigenvalue weighted by Crippen LogP contribution is -2.22. The number of hydrogen-bond acceptors (Lipinski definition) is 1. The highest BCUT2D eigenvalue weighted by molar-refractivity contribution is 5.86. The lowest BCUT2D eigenvalue weighted by Gasteiger charge is -2.22. The largest absolute Gasteiger partial charge is 0.304 e. The predicted molar refractivity (Wildman–Crippen MR) is 113 cm³/mol. The van der Waals surface area contributed by atoms with Gasteiger partial charge in [-0.3, -0.25) is 0 Å². The van der Waals surface area contributed by atoms with E-state index in [1.54, 1.807) is 0 Å². The third kappa shape index (κ3) is 3.23. The first-order valence-corrected chi connectivity index (χ1v) is 9.36. The van der Waals surface area contributed by atoms with Crippen molar-refractivity contribution >= 4 is 21.5 Å². The summed E-state index contributed by atoms with van der Waals surface area (Å²) in [5.74, 6) is 0. The van der Waals surface area contributed by atoms with Gasteiger partial charge in [-0.15, -0.1) is 0 Å². The molecule has 0 aliphatic rings. The molecule has 4 aromatic carbocycles. The Labute approximate surface area is 155 Å². The molecule has 1 nitrogen and oxygen atoms in total. The average molecular weight is 339 g/mol. The molecule has 4 rings (SSSR count). The summed E-state index contributed by atoms with van der Waals surface area (Å²) in [5, 5.41) is 9.02. The molecule has 0 aliphatic carbocycles. The molecule has 2 atom stereocenters. The van der Waals surface area contributed by atoms with Gasteiger partial charge in [0.25, 0.3) is 0 Å². The van der Waals surface area contributed by atoms with Crippen molar-refractivity contribution in [3.63, 3.8) is 0 Å². The van der Waals surface area contributed by atoms with Crippen molar-refractivity contribution in [2.45, 2.75) is 32.9 Å². The highest BCUT2D eigenvalue weighted by atomic mass is 14.9. The fourth-order valence-corrected chi connectivity index (χ4v) is 3.84. The Balaban J connectivity index is 1.61. The zero-order valence-electron chi connectivity index (χ0n) is 15.7. The number of fused-ring (bicyclic) bond motifs is 2. The average Bonchev–Trinajstić information content (AvgIpc) is 2.67. The van der Waals surface area contributed by atoms with E-state index in [0.717, 1.165) is 0 Å². The molecule has 130 valence electrons. The van der Waals surface area contributed by atoms with E-state index in [9.17, 15) is 0 Å². The number of hydrogen-bond donors (Lipinski definition) is 1. The molecule has 0 radical (unpaired) electrons. The number of benzene rings is 4. The Hall–Kier alpha value is -2.64. The molecule has 0 saturated carbocycles. The monoisotopic (exact) mass is 339 g/mol. The SMILES string of the molecule is Cc1ccc2cc([C@@H](C)N[C@H](C)c3cccc4ccccc34)ccc2c1. The highest BCUT2D eigenvalue weighted by Crippen LogP contribution is 2.27.